The second kappa shape index (κ2) is 9.75. The molecule has 1 aliphatic rings. The van der Waals surface area contributed by atoms with Gasteiger partial charge in [-0.2, -0.15) is 0 Å². The van der Waals surface area contributed by atoms with Gasteiger partial charge in [0.15, 0.2) is 0 Å². The van der Waals surface area contributed by atoms with Crippen LogP contribution in [0.25, 0.3) is 16.8 Å². The number of carbonyl (C=O) groups excluding carboxylic acids is 2. The van der Waals surface area contributed by atoms with Gasteiger partial charge in [-0.25, -0.2) is 0 Å². The maximum Gasteiger partial charge on any atom is 0.293 e. The van der Waals surface area contributed by atoms with Crippen molar-refractivity contribution in [3.8, 4) is 5.75 Å². The summed E-state index contributed by atoms with van der Waals surface area (Å²) in [5.74, 6) is 0.313. The fraction of sp³-hybridized carbons (Fsp3) is 0.0714. The Balaban J connectivity index is 1.35. The zero-order chi connectivity index (χ0) is 23.5. The van der Waals surface area contributed by atoms with E-state index in [0.29, 0.717) is 22.3 Å². The van der Waals surface area contributed by atoms with Crippen molar-refractivity contribution in [3.63, 3.8) is 0 Å². The minimum atomic E-state index is -0.302. The van der Waals surface area contributed by atoms with Crippen molar-refractivity contribution in [1.29, 1.82) is 0 Å². The number of amides is 2. The lowest BCUT2D eigenvalue weighted by Crippen LogP contribution is -2.27. The third-order valence-corrected chi connectivity index (χ3v) is 6.85. The molecule has 1 aliphatic heterocycles. The number of carbonyl (C=O) groups is 2. The van der Waals surface area contributed by atoms with Crippen LogP contribution in [0, 0.1) is 0 Å². The van der Waals surface area contributed by atoms with E-state index >= 15 is 0 Å². The third kappa shape index (κ3) is 4.72. The number of ether oxygens (including phenoxy) is 1. The predicted molar refractivity (Wildman–Crippen MR) is 138 cm³/mol. The van der Waals surface area contributed by atoms with E-state index in [1.165, 1.54) is 4.90 Å². The Labute approximate surface area is 206 Å². The summed E-state index contributed by atoms with van der Waals surface area (Å²) in [7, 11) is 0. The molecule has 0 saturated carbocycles. The second-order valence-corrected chi connectivity index (χ2v) is 9.27. The number of hydrogen-bond acceptors (Lipinski definition) is 4. The standard InChI is InChI=1S/C28H20ClNO3S/c29-24-11-5-3-10-23(24)18-33-25-12-6-4-9-22(25)16-26-27(31)30(28(32)34-26)17-19-13-14-20-7-1-2-8-21(20)15-19/h1-16H,17-18H2/b26-16-. The Morgan fingerprint density at radius 2 is 1.59 bits per heavy atom. The summed E-state index contributed by atoms with van der Waals surface area (Å²) < 4.78 is 5.99. The monoisotopic (exact) mass is 485 g/mol. The van der Waals surface area contributed by atoms with Crippen LogP contribution in [0.5, 0.6) is 5.75 Å². The van der Waals surface area contributed by atoms with Gasteiger partial charge in [-0.1, -0.05) is 84.4 Å². The van der Waals surface area contributed by atoms with Gasteiger partial charge in [0.2, 0.25) is 0 Å². The first kappa shape index (κ1) is 22.3. The minimum absolute atomic E-state index is 0.234. The molecule has 0 atom stereocenters. The van der Waals surface area contributed by atoms with Crippen molar-refractivity contribution in [2.75, 3.05) is 0 Å². The molecule has 0 N–H and O–H groups in total. The normalized spacial score (nSPS) is 14.9. The Kier molecular flexibility index (Phi) is 6.39. The quantitative estimate of drug-likeness (QED) is 0.269. The number of halogens is 1. The predicted octanol–water partition coefficient (Wildman–Crippen LogP) is 7.31. The molecule has 5 rings (SSSR count). The van der Waals surface area contributed by atoms with E-state index in [-0.39, 0.29) is 17.7 Å². The molecule has 0 bridgehead atoms. The number of benzene rings is 4. The summed E-state index contributed by atoms with van der Waals surface area (Å²) in [5.41, 5.74) is 2.51. The van der Waals surface area contributed by atoms with E-state index in [2.05, 4.69) is 0 Å². The van der Waals surface area contributed by atoms with Gasteiger partial charge in [0.05, 0.1) is 11.4 Å². The highest BCUT2D eigenvalue weighted by molar-refractivity contribution is 8.18. The number of thioether (sulfide) groups is 1. The molecule has 0 unspecified atom stereocenters. The Morgan fingerprint density at radius 1 is 0.853 bits per heavy atom. The smallest absolute Gasteiger partial charge is 0.293 e. The van der Waals surface area contributed by atoms with Gasteiger partial charge in [-0.15, -0.1) is 0 Å². The van der Waals surface area contributed by atoms with Crippen molar-refractivity contribution in [1.82, 2.24) is 4.90 Å². The number of hydrogen-bond donors (Lipinski definition) is 0. The van der Waals surface area contributed by atoms with Gasteiger partial charge < -0.3 is 4.74 Å². The molecule has 6 heteroatoms. The summed E-state index contributed by atoms with van der Waals surface area (Å²) in [5, 5.41) is 2.55. The highest BCUT2D eigenvalue weighted by atomic mass is 35.5. The lowest BCUT2D eigenvalue weighted by molar-refractivity contribution is -0.123. The van der Waals surface area contributed by atoms with Crippen molar-refractivity contribution in [3.05, 3.63) is 118 Å². The fourth-order valence-electron chi connectivity index (χ4n) is 3.80. The summed E-state index contributed by atoms with van der Waals surface area (Å²) in [6, 6.07) is 28.9. The van der Waals surface area contributed by atoms with E-state index in [0.717, 1.165) is 39.2 Å². The van der Waals surface area contributed by atoms with Gasteiger partial charge >= 0.3 is 0 Å². The van der Waals surface area contributed by atoms with Gasteiger partial charge in [0.25, 0.3) is 11.1 Å². The van der Waals surface area contributed by atoms with Crippen LogP contribution in [0.2, 0.25) is 5.02 Å². The molecule has 4 nitrogen and oxygen atoms in total. The van der Waals surface area contributed by atoms with Gasteiger partial charge in [0.1, 0.15) is 12.4 Å². The molecule has 2 amide bonds. The Morgan fingerprint density at radius 3 is 2.44 bits per heavy atom. The molecule has 1 saturated heterocycles. The summed E-state index contributed by atoms with van der Waals surface area (Å²) in [6.07, 6.45) is 1.72. The summed E-state index contributed by atoms with van der Waals surface area (Å²) >= 11 is 7.18. The van der Waals surface area contributed by atoms with Crippen molar-refractivity contribution in [2.24, 2.45) is 0 Å². The fourth-order valence-corrected chi connectivity index (χ4v) is 4.82. The molecule has 1 heterocycles. The third-order valence-electron chi connectivity index (χ3n) is 5.57. The SMILES string of the molecule is O=C1S/C(=C\c2ccccc2OCc2ccccc2Cl)C(=O)N1Cc1ccc2ccccc2c1. The number of nitrogens with zero attached hydrogens (tertiary/aromatic N) is 1. The van der Waals surface area contributed by atoms with Gasteiger partial charge in [-0.05, 0) is 52.4 Å². The molecular weight excluding hydrogens is 466 g/mol. The maximum atomic E-state index is 13.1. The van der Waals surface area contributed by atoms with E-state index < -0.39 is 0 Å². The molecule has 1 fully saturated rings. The number of fused-ring (bicyclic) bond motifs is 1. The first-order valence-corrected chi connectivity index (χ1v) is 12.0. The molecule has 4 aromatic rings. The first-order valence-electron chi connectivity index (χ1n) is 10.8. The molecule has 4 aromatic carbocycles. The summed E-state index contributed by atoms with van der Waals surface area (Å²) in [4.78, 5) is 27.4. The van der Waals surface area contributed by atoms with Crippen molar-refractivity contribution < 1.29 is 14.3 Å². The topological polar surface area (TPSA) is 46.6 Å². The number of imide groups is 1. The molecular formula is C28H20ClNO3S. The van der Waals surface area contributed by atoms with Crippen molar-refractivity contribution >= 4 is 51.4 Å². The van der Waals surface area contributed by atoms with E-state index in [4.69, 9.17) is 16.3 Å². The van der Waals surface area contributed by atoms with E-state index in [1.807, 2.05) is 91.0 Å². The minimum Gasteiger partial charge on any atom is -0.488 e. The molecule has 0 spiro atoms. The lowest BCUT2D eigenvalue weighted by atomic mass is 10.1. The maximum absolute atomic E-state index is 13.1. The zero-order valence-electron chi connectivity index (χ0n) is 18.1. The van der Waals surface area contributed by atoms with Crippen LogP contribution in [0.4, 0.5) is 4.79 Å². The molecule has 0 aliphatic carbocycles. The zero-order valence-corrected chi connectivity index (χ0v) is 19.7. The highest BCUT2D eigenvalue weighted by Gasteiger charge is 2.35. The average molecular weight is 486 g/mol. The molecule has 0 aromatic heterocycles. The Hall–Kier alpha value is -3.54. The molecule has 34 heavy (non-hydrogen) atoms. The highest BCUT2D eigenvalue weighted by Crippen LogP contribution is 2.35. The molecule has 168 valence electrons. The van der Waals surface area contributed by atoms with Crippen LogP contribution >= 0.6 is 23.4 Å². The number of rotatable bonds is 6. The van der Waals surface area contributed by atoms with Crippen molar-refractivity contribution in [2.45, 2.75) is 13.2 Å². The second-order valence-electron chi connectivity index (χ2n) is 7.87. The van der Waals surface area contributed by atoms with Crippen LogP contribution in [0.1, 0.15) is 16.7 Å². The number of para-hydroxylation sites is 1. The van der Waals surface area contributed by atoms with Crippen LogP contribution in [0.15, 0.2) is 95.9 Å². The van der Waals surface area contributed by atoms with Crippen LogP contribution in [-0.4, -0.2) is 16.0 Å². The Bertz CT molecular complexity index is 1430. The van der Waals surface area contributed by atoms with Crippen LogP contribution < -0.4 is 4.74 Å². The van der Waals surface area contributed by atoms with Crippen LogP contribution in [0.3, 0.4) is 0 Å². The van der Waals surface area contributed by atoms with E-state index in [9.17, 15) is 9.59 Å². The first-order chi connectivity index (χ1) is 16.6. The lowest BCUT2D eigenvalue weighted by Gasteiger charge is -2.13. The summed E-state index contributed by atoms with van der Waals surface area (Å²) in [6.45, 7) is 0.533. The largest absolute Gasteiger partial charge is 0.488 e. The average Bonchev–Trinajstić information content (AvgIpc) is 3.11. The van der Waals surface area contributed by atoms with Gasteiger partial charge in [0, 0.05) is 16.1 Å². The van der Waals surface area contributed by atoms with Gasteiger partial charge in [-0.3, -0.25) is 14.5 Å². The van der Waals surface area contributed by atoms with Crippen LogP contribution in [-0.2, 0) is 17.9 Å². The molecule has 0 radical (unpaired) electrons. The van der Waals surface area contributed by atoms with E-state index in [1.54, 1.807) is 6.08 Å².